The maximum absolute atomic E-state index is 12.4. The summed E-state index contributed by atoms with van der Waals surface area (Å²) >= 11 is 5.82. The molecule has 140 valence electrons. The van der Waals surface area contributed by atoms with Gasteiger partial charge in [-0.05, 0) is 55.3 Å². The fourth-order valence-electron chi connectivity index (χ4n) is 2.83. The van der Waals surface area contributed by atoms with Gasteiger partial charge >= 0.3 is 6.03 Å². The fourth-order valence-corrected chi connectivity index (χ4v) is 2.95. The van der Waals surface area contributed by atoms with E-state index in [1.54, 1.807) is 31.4 Å². The van der Waals surface area contributed by atoms with E-state index in [-0.39, 0.29) is 11.6 Å². The molecule has 3 aromatic rings. The number of benzene rings is 2. The molecule has 2 amide bonds. The third kappa shape index (κ3) is 4.41. The number of aromatic nitrogens is 1. The van der Waals surface area contributed by atoms with Crippen LogP contribution in [0.4, 0.5) is 10.5 Å². The number of amides is 2. The molecule has 0 saturated carbocycles. The van der Waals surface area contributed by atoms with Crippen molar-refractivity contribution in [1.82, 2.24) is 10.3 Å². The summed E-state index contributed by atoms with van der Waals surface area (Å²) in [5.41, 5.74) is 2.77. The second-order valence-corrected chi connectivity index (χ2v) is 6.57. The maximum Gasteiger partial charge on any atom is 0.319 e. The van der Waals surface area contributed by atoms with Crippen molar-refractivity contribution >= 4 is 34.2 Å². The van der Waals surface area contributed by atoms with Crippen LogP contribution in [0.3, 0.4) is 0 Å². The molecule has 0 radical (unpaired) electrons. The van der Waals surface area contributed by atoms with E-state index in [2.05, 4.69) is 15.6 Å². The third-order valence-corrected chi connectivity index (χ3v) is 4.53. The lowest BCUT2D eigenvalue weighted by Crippen LogP contribution is -2.31. The molecular formula is C20H20ClN3O3. The van der Waals surface area contributed by atoms with E-state index in [1.165, 1.54) is 0 Å². The smallest absolute Gasteiger partial charge is 0.319 e. The van der Waals surface area contributed by atoms with E-state index in [0.29, 0.717) is 40.5 Å². The van der Waals surface area contributed by atoms with Crippen LogP contribution in [-0.4, -0.2) is 24.7 Å². The number of hydrogen-bond donors (Lipinski definition) is 3. The zero-order valence-corrected chi connectivity index (χ0v) is 15.8. The lowest BCUT2D eigenvalue weighted by atomic mass is 10.1. The Bertz CT molecular complexity index is 1030. The van der Waals surface area contributed by atoms with Gasteiger partial charge in [0.25, 0.3) is 5.56 Å². The lowest BCUT2D eigenvalue weighted by Gasteiger charge is -2.10. The highest BCUT2D eigenvalue weighted by Gasteiger charge is 2.10. The number of carbonyl (C=O) groups excluding carboxylic acids is 1. The van der Waals surface area contributed by atoms with Crippen molar-refractivity contribution in [3.8, 4) is 5.75 Å². The number of aromatic amines is 1. The number of halogens is 1. The highest BCUT2D eigenvalue weighted by atomic mass is 35.5. The summed E-state index contributed by atoms with van der Waals surface area (Å²) in [6, 6.07) is 12.1. The van der Waals surface area contributed by atoms with Gasteiger partial charge in [0.2, 0.25) is 0 Å². The number of hydrogen-bond acceptors (Lipinski definition) is 3. The Morgan fingerprint density at radius 2 is 1.93 bits per heavy atom. The molecule has 1 aromatic heterocycles. The van der Waals surface area contributed by atoms with Crippen molar-refractivity contribution in [2.45, 2.75) is 13.3 Å². The largest absolute Gasteiger partial charge is 0.495 e. The third-order valence-electron chi connectivity index (χ3n) is 4.28. The Kier molecular flexibility index (Phi) is 5.66. The van der Waals surface area contributed by atoms with Crippen LogP contribution in [0.2, 0.25) is 5.02 Å². The van der Waals surface area contributed by atoms with Gasteiger partial charge in [-0.3, -0.25) is 4.79 Å². The van der Waals surface area contributed by atoms with Gasteiger partial charge in [-0.15, -0.1) is 0 Å². The number of pyridine rings is 1. The molecule has 0 aliphatic carbocycles. The van der Waals surface area contributed by atoms with Crippen LogP contribution in [0.1, 0.15) is 11.1 Å². The molecule has 0 spiro atoms. The van der Waals surface area contributed by atoms with Crippen LogP contribution in [0, 0.1) is 6.92 Å². The van der Waals surface area contributed by atoms with E-state index >= 15 is 0 Å². The highest BCUT2D eigenvalue weighted by molar-refractivity contribution is 6.30. The van der Waals surface area contributed by atoms with Crippen molar-refractivity contribution in [2.24, 2.45) is 0 Å². The first-order valence-corrected chi connectivity index (χ1v) is 8.85. The van der Waals surface area contributed by atoms with Crippen LogP contribution < -0.4 is 20.9 Å². The number of carbonyl (C=O) groups is 1. The second-order valence-electron chi connectivity index (χ2n) is 6.13. The number of aryl methyl sites for hydroxylation is 1. The van der Waals surface area contributed by atoms with Crippen LogP contribution in [0.15, 0.2) is 47.3 Å². The van der Waals surface area contributed by atoms with Gasteiger partial charge in [0.1, 0.15) is 5.75 Å². The molecular weight excluding hydrogens is 366 g/mol. The van der Waals surface area contributed by atoms with Crippen LogP contribution in [0.25, 0.3) is 10.9 Å². The van der Waals surface area contributed by atoms with Crippen molar-refractivity contribution in [2.75, 3.05) is 19.0 Å². The first-order valence-electron chi connectivity index (χ1n) is 8.48. The predicted molar refractivity (Wildman–Crippen MR) is 108 cm³/mol. The SMILES string of the molecule is COc1ccc(C)c2cc(CCNC(=O)Nc3ccc(Cl)cc3)c(=O)[nH]c12. The second kappa shape index (κ2) is 8.14. The van der Waals surface area contributed by atoms with Crippen LogP contribution in [-0.2, 0) is 6.42 Å². The molecule has 6 nitrogen and oxygen atoms in total. The Labute approximate surface area is 161 Å². The minimum Gasteiger partial charge on any atom is -0.495 e. The molecule has 7 heteroatoms. The summed E-state index contributed by atoms with van der Waals surface area (Å²) in [5.74, 6) is 0.625. The summed E-state index contributed by atoms with van der Waals surface area (Å²) in [6.45, 7) is 2.30. The molecule has 0 aliphatic rings. The summed E-state index contributed by atoms with van der Waals surface area (Å²) in [7, 11) is 1.57. The van der Waals surface area contributed by atoms with E-state index < -0.39 is 0 Å². The average molecular weight is 386 g/mol. The van der Waals surface area contributed by atoms with Gasteiger partial charge in [-0.2, -0.15) is 0 Å². The number of rotatable bonds is 5. The normalized spacial score (nSPS) is 10.6. The molecule has 3 N–H and O–H groups in total. The van der Waals surface area contributed by atoms with E-state index in [1.807, 2.05) is 25.1 Å². The molecule has 0 saturated heterocycles. The monoisotopic (exact) mass is 385 g/mol. The Hall–Kier alpha value is -2.99. The van der Waals surface area contributed by atoms with Gasteiger partial charge in [0, 0.05) is 28.2 Å². The zero-order valence-electron chi connectivity index (χ0n) is 15.1. The minimum atomic E-state index is -0.340. The fraction of sp³-hybridized carbons (Fsp3) is 0.200. The number of ether oxygens (including phenoxy) is 1. The first kappa shape index (κ1) is 18.8. The summed E-state index contributed by atoms with van der Waals surface area (Å²) < 4.78 is 5.31. The van der Waals surface area contributed by atoms with Gasteiger partial charge in [0.05, 0.1) is 12.6 Å². The number of anilines is 1. The molecule has 0 aliphatic heterocycles. The molecule has 0 unspecified atom stereocenters. The molecule has 0 bridgehead atoms. The first-order chi connectivity index (χ1) is 13.0. The lowest BCUT2D eigenvalue weighted by molar-refractivity contribution is 0.252. The van der Waals surface area contributed by atoms with Gasteiger partial charge in [-0.25, -0.2) is 4.79 Å². The molecule has 1 heterocycles. The summed E-state index contributed by atoms with van der Waals surface area (Å²) in [4.78, 5) is 27.2. The van der Waals surface area contributed by atoms with Crippen LogP contribution in [0.5, 0.6) is 5.75 Å². The Morgan fingerprint density at radius 3 is 2.63 bits per heavy atom. The predicted octanol–water partition coefficient (Wildman–Crippen LogP) is 3.86. The van der Waals surface area contributed by atoms with Crippen molar-refractivity contribution in [3.05, 3.63) is 69.0 Å². The topological polar surface area (TPSA) is 83.2 Å². The van der Waals surface area contributed by atoms with Crippen molar-refractivity contribution < 1.29 is 9.53 Å². The number of methoxy groups -OCH3 is 1. The van der Waals surface area contributed by atoms with Crippen molar-refractivity contribution in [3.63, 3.8) is 0 Å². The highest BCUT2D eigenvalue weighted by Crippen LogP contribution is 2.25. The molecule has 27 heavy (non-hydrogen) atoms. The van der Waals surface area contributed by atoms with Crippen LogP contribution >= 0.6 is 11.6 Å². The maximum atomic E-state index is 12.4. The zero-order chi connectivity index (χ0) is 19.4. The number of urea groups is 1. The molecule has 2 aromatic carbocycles. The molecule has 3 rings (SSSR count). The van der Waals surface area contributed by atoms with Crippen molar-refractivity contribution in [1.29, 1.82) is 0 Å². The number of H-pyrrole nitrogens is 1. The van der Waals surface area contributed by atoms with E-state index in [0.717, 1.165) is 10.9 Å². The van der Waals surface area contributed by atoms with Gasteiger partial charge in [0.15, 0.2) is 0 Å². The summed E-state index contributed by atoms with van der Waals surface area (Å²) in [6.07, 6.45) is 0.413. The van der Waals surface area contributed by atoms with E-state index in [9.17, 15) is 9.59 Å². The van der Waals surface area contributed by atoms with Gasteiger partial charge < -0.3 is 20.4 Å². The Balaban J connectivity index is 1.67. The molecule has 0 atom stereocenters. The average Bonchev–Trinajstić information content (AvgIpc) is 2.65. The Morgan fingerprint density at radius 1 is 1.19 bits per heavy atom. The minimum absolute atomic E-state index is 0.189. The number of nitrogens with one attached hydrogen (secondary N) is 3. The molecule has 0 fully saturated rings. The summed E-state index contributed by atoms with van der Waals surface area (Å²) in [5, 5.41) is 6.98. The quantitative estimate of drug-likeness (QED) is 0.623. The number of fused-ring (bicyclic) bond motifs is 1. The van der Waals surface area contributed by atoms with Gasteiger partial charge in [-0.1, -0.05) is 17.7 Å². The standard InChI is InChI=1S/C20H20ClN3O3/c1-12-3-8-17(27-2)18-16(12)11-13(19(25)24-18)9-10-22-20(26)23-15-6-4-14(21)5-7-15/h3-8,11H,9-10H2,1-2H3,(H,24,25)(H2,22,23,26). The van der Waals surface area contributed by atoms with E-state index in [4.69, 9.17) is 16.3 Å².